The van der Waals surface area contributed by atoms with E-state index in [-0.39, 0.29) is 23.2 Å². The molecule has 0 rings (SSSR count). The van der Waals surface area contributed by atoms with Gasteiger partial charge in [0.25, 0.3) is 0 Å². The summed E-state index contributed by atoms with van der Waals surface area (Å²) in [7, 11) is 0. The Labute approximate surface area is 76.8 Å². The van der Waals surface area contributed by atoms with Crippen molar-refractivity contribution in [2.45, 2.75) is 0 Å². The Hall–Kier alpha value is 0.624. The SMILES string of the molecule is [Cu+].[NH4+].[O]=[Cr](=[O])([O-])[O][Cr](=[O])(=[O])[O-]. The predicted octanol–water partition coefficient (Wildman–Crippen LogP) is -2.55. The molecule has 0 amide bonds. The maximum atomic E-state index is 9.38. The van der Waals surface area contributed by atoms with Crippen LogP contribution in [0.1, 0.15) is 0 Å². The van der Waals surface area contributed by atoms with Gasteiger partial charge in [-0.2, -0.15) is 0 Å². The minimum atomic E-state index is -6.07. The summed E-state index contributed by atoms with van der Waals surface area (Å²) in [6.07, 6.45) is 0. The number of hydrogen-bond donors (Lipinski definition) is 1. The first-order chi connectivity index (χ1) is 3.71. The second-order valence-corrected chi connectivity index (χ2v) is 4.52. The van der Waals surface area contributed by atoms with E-state index in [2.05, 4.69) is 2.84 Å². The Morgan fingerprint density at radius 3 is 1.09 bits per heavy atom. The van der Waals surface area contributed by atoms with Crippen LogP contribution in [0.2, 0.25) is 0 Å². The molecule has 4 N–H and O–H groups in total. The summed E-state index contributed by atoms with van der Waals surface area (Å²) in [6.45, 7) is 0. The van der Waals surface area contributed by atoms with Crippen LogP contribution in [0.25, 0.3) is 0 Å². The normalized spacial score (nSPS) is 11.1. The van der Waals surface area contributed by atoms with Crippen molar-refractivity contribution in [3.05, 3.63) is 0 Å². The number of hydrogen-bond acceptors (Lipinski definition) is 7. The molecule has 0 saturated heterocycles. The molecule has 0 unspecified atom stereocenters. The van der Waals surface area contributed by atoms with E-state index < -0.39 is 27.2 Å². The molecule has 0 aromatic heterocycles. The van der Waals surface area contributed by atoms with Crippen LogP contribution >= 0.6 is 0 Å². The van der Waals surface area contributed by atoms with E-state index in [4.69, 9.17) is 0 Å². The average molecular weight is 298 g/mol. The van der Waals surface area contributed by atoms with E-state index in [0.717, 1.165) is 0 Å². The fourth-order valence-electron chi connectivity index (χ4n) is 0.102. The van der Waals surface area contributed by atoms with Gasteiger partial charge in [0, 0.05) is 0 Å². The second-order valence-electron chi connectivity index (χ2n) is 0.885. The summed E-state index contributed by atoms with van der Waals surface area (Å²) in [5, 5.41) is 0. The first kappa shape index (κ1) is 17.6. The fraction of sp³-hybridized carbons (Fsp3) is 0. The summed E-state index contributed by atoms with van der Waals surface area (Å²) in [5.41, 5.74) is 0. The Morgan fingerprint density at radius 1 is 0.909 bits per heavy atom. The van der Waals surface area contributed by atoms with Crippen molar-refractivity contribution in [2.75, 3.05) is 0 Å². The molecule has 0 aromatic carbocycles. The summed E-state index contributed by atoms with van der Waals surface area (Å²) in [5.74, 6) is 0. The number of rotatable bonds is 2. The van der Waals surface area contributed by atoms with Gasteiger partial charge in [0.1, 0.15) is 0 Å². The molecule has 0 aliphatic rings. The molecule has 0 spiro atoms. The van der Waals surface area contributed by atoms with Gasteiger partial charge in [-0.15, -0.1) is 0 Å². The van der Waals surface area contributed by atoms with E-state index >= 15 is 0 Å². The van der Waals surface area contributed by atoms with E-state index in [1.165, 1.54) is 0 Å². The third-order valence-corrected chi connectivity index (χ3v) is 2.83. The molecule has 0 aliphatic heterocycles. The molecule has 0 heterocycles. The minimum absolute atomic E-state index is 0. The van der Waals surface area contributed by atoms with Crippen LogP contribution in [0.4, 0.5) is 0 Å². The van der Waals surface area contributed by atoms with Crippen LogP contribution in [-0.2, 0) is 62.3 Å². The zero-order valence-corrected chi connectivity index (χ0v) is 8.47. The van der Waals surface area contributed by atoms with Gasteiger partial charge in [0.2, 0.25) is 0 Å². The van der Waals surface area contributed by atoms with Crippen LogP contribution in [0.5, 0.6) is 0 Å². The van der Waals surface area contributed by atoms with Crippen LogP contribution in [0.15, 0.2) is 0 Å². The summed E-state index contributed by atoms with van der Waals surface area (Å²) < 4.78 is 58.9. The summed E-state index contributed by atoms with van der Waals surface area (Å²) in [4.78, 5) is 0. The fourth-order valence-corrected chi connectivity index (χ4v) is 1.74. The first-order valence-electron chi connectivity index (χ1n) is 1.33. The molecular formula is H4Cr2CuNO7. The summed E-state index contributed by atoms with van der Waals surface area (Å²) >= 11 is -12.1. The van der Waals surface area contributed by atoms with Crippen molar-refractivity contribution in [2.24, 2.45) is 0 Å². The quantitative estimate of drug-likeness (QED) is 0.548. The van der Waals surface area contributed by atoms with E-state index in [9.17, 15) is 23.5 Å². The molecule has 0 bridgehead atoms. The zero-order valence-electron chi connectivity index (χ0n) is 4.98. The Balaban J connectivity index is -0.000000320. The summed E-state index contributed by atoms with van der Waals surface area (Å²) in [6, 6.07) is 0. The zero-order chi connectivity index (χ0) is 7.71. The predicted molar refractivity (Wildman–Crippen MR) is 9.82 cm³/mol. The van der Waals surface area contributed by atoms with Crippen molar-refractivity contribution in [3.8, 4) is 0 Å². The maximum absolute atomic E-state index is 9.38. The standard InChI is InChI=1S/2Cr.Cu.H3N.7O/h;;;1H3;;;;;;;/q;;+1;;;;;;;2*-1/p+1. The molecule has 0 fully saturated rings. The van der Waals surface area contributed by atoms with Crippen molar-refractivity contribution in [1.29, 1.82) is 0 Å². The molecule has 8 nitrogen and oxygen atoms in total. The van der Waals surface area contributed by atoms with Crippen LogP contribution in [0, 0.1) is 0 Å². The molecule has 0 aromatic rings. The van der Waals surface area contributed by atoms with Crippen LogP contribution in [0.3, 0.4) is 0 Å². The first-order valence-corrected chi connectivity index (χ1v) is 5.50. The molecule has 11 heteroatoms. The van der Waals surface area contributed by atoms with Crippen LogP contribution < -0.4 is 14.5 Å². The van der Waals surface area contributed by atoms with E-state index in [1.54, 1.807) is 0 Å². The van der Waals surface area contributed by atoms with Gasteiger partial charge < -0.3 is 6.15 Å². The molecule has 0 radical (unpaired) electrons. The monoisotopic (exact) mass is 297 g/mol. The topological polar surface area (TPSA) is 160 Å². The molecule has 0 aliphatic carbocycles. The van der Waals surface area contributed by atoms with Gasteiger partial charge >= 0.3 is 70.7 Å². The van der Waals surface area contributed by atoms with Gasteiger partial charge in [0.05, 0.1) is 0 Å². The Kier molecular flexibility index (Phi) is 8.50. The molecule has 0 atom stereocenters. The molecular weight excluding hydrogens is 294 g/mol. The van der Waals surface area contributed by atoms with Gasteiger partial charge in [-0.1, -0.05) is 0 Å². The van der Waals surface area contributed by atoms with Gasteiger partial charge in [-0.3, -0.25) is 0 Å². The van der Waals surface area contributed by atoms with Crippen molar-refractivity contribution in [3.63, 3.8) is 0 Å². The van der Waals surface area contributed by atoms with E-state index in [1.807, 2.05) is 0 Å². The van der Waals surface area contributed by atoms with Crippen molar-refractivity contribution in [1.82, 2.24) is 6.15 Å². The van der Waals surface area contributed by atoms with E-state index in [0.29, 0.717) is 0 Å². The van der Waals surface area contributed by atoms with Gasteiger partial charge in [-0.05, 0) is 0 Å². The average Bonchev–Trinajstić information content (AvgIpc) is 1.14. The Bertz CT molecular complexity index is 242. The van der Waals surface area contributed by atoms with Crippen LogP contribution in [-0.4, -0.2) is 0 Å². The third-order valence-electron chi connectivity index (χ3n) is 0.167. The number of quaternary nitrogens is 1. The second kappa shape index (κ2) is 5.30. The molecule has 11 heavy (non-hydrogen) atoms. The Morgan fingerprint density at radius 2 is 1.09 bits per heavy atom. The molecule has 74 valence electrons. The van der Waals surface area contributed by atoms with Crippen molar-refractivity contribution >= 4 is 0 Å². The van der Waals surface area contributed by atoms with Gasteiger partial charge in [0.15, 0.2) is 0 Å². The third kappa shape index (κ3) is 18.0. The van der Waals surface area contributed by atoms with Crippen molar-refractivity contribution < 1.29 is 70.7 Å². The van der Waals surface area contributed by atoms with Gasteiger partial charge in [-0.25, -0.2) is 0 Å². The molecule has 0 saturated carbocycles.